The SMILES string of the molecule is COc1cc(I)ncc1S(=O)(=O)Cl. The minimum absolute atomic E-state index is 0.114. The number of hydrogen-bond donors (Lipinski definition) is 0. The Morgan fingerprint density at radius 1 is 1.62 bits per heavy atom. The van der Waals surface area contributed by atoms with E-state index in [0.29, 0.717) is 3.70 Å². The van der Waals surface area contributed by atoms with Gasteiger partial charge in [-0.25, -0.2) is 13.4 Å². The largest absolute Gasteiger partial charge is 0.495 e. The highest BCUT2D eigenvalue weighted by Gasteiger charge is 2.17. The summed E-state index contributed by atoms with van der Waals surface area (Å²) < 4.78 is 27.4. The zero-order valence-electron chi connectivity index (χ0n) is 6.49. The molecule has 13 heavy (non-hydrogen) atoms. The molecule has 0 aromatic carbocycles. The molecule has 1 heterocycles. The monoisotopic (exact) mass is 333 g/mol. The van der Waals surface area contributed by atoms with Crippen molar-refractivity contribution >= 4 is 42.3 Å². The van der Waals surface area contributed by atoms with Crippen LogP contribution in [0.4, 0.5) is 0 Å². The van der Waals surface area contributed by atoms with E-state index in [1.165, 1.54) is 19.4 Å². The Balaban J connectivity index is 3.39. The average molecular weight is 334 g/mol. The predicted molar refractivity (Wildman–Crippen MR) is 56.5 cm³/mol. The van der Waals surface area contributed by atoms with Crippen molar-refractivity contribution in [2.45, 2.75) is 4.90 Å². The first kappa shape index (κ1) is 11.0. The third kappa shape index (κ3) is 2.68. The average Bonchev–Trinajstić information content (AvgIpc) is 2.01. The maximum absolute atomic E-state index is 11.0. The lowest BCUT2D eigenvalue weighted by Crippen LogP contribution is -1.98. The van der Waals surface area contributed by atoms with Gasteiger partial charge in [0.15, 0.2) is 0 Å². The van der Waals surface area contributed by atoms with Crippen LogP contribution < -0.4 is 4.74 Å². The van der Waals surface area contributed by atoms with Crippen LogP contribution in [-0.4, -0.2) is 20.5 Å². The fraction of sp³-hybridized carbons (Fsp3) is 0.167. The summed E-state index contributed by atoms with van der Waals surface area (Å²) in [5.74, 6) is 0.203. The molecule has 0 aliphatic carbocycles. The number of nitrogens with zero attached hydrogens (tertiary/aromatic N) is 1. The van der Waals surface area contributed by atoms with Gasteiger partial charge in [-0.3, -0.25) is 0 Å². The predicted octanol–water partition coefficient (Wildman–Crippen LogP) is 1.62. The van der Waals surface area contributed by atoms with E-state index >= 15 is 0 Å². The van der Waals surface area contributed by atoms with Gasteiger partial charge in [-0.15, -0.1) is 0 Å². The van der Waals surface area contributed by atoms with Crippen LogP contribution in [0.5, 0.6) is 5.75 Å². The maximum atomic E-state index is 11.0. The Morgan fingerprint density at radius 2 is 2.23 bits per heavy atom. The topological polar surface area (TPSA) is 56.3 Å². The van der Waals surface area contributed by atoms with Crippen molar-refractivity contribution < 1.29 is 13.2 Å². The molecular formula is C6H5ClINO3S. The second kappa shape index (κ2) is 3.97. The molecule has 0 saturated heterocycles. The Hall–Kier alpha value is -0.0800. The fourth-order valence-corrected chi connectivity index (χ4v) is 2.07. The van der Waals surface area contributed by atoms with E-state index in [1.54, 1.807) is 0 Å². The number of ether oxygens (including phenoxy) is 1. The molecule has 1 aromatic rings. The first-order chi connectivity index (χ1) is 5.95. The second-order valence-corrected chi connectivity index (χ2v) is 5.74. The molecule has 0 aliphatic heterocycles. The number of rotatable bonds is 2. The molecule has 1 rings (SSSR count). The Morgan fingerprint density at radius 3 is 2.69 bits per heavy atom. The number of pyridine rings is 1. The number of aromatic nitrogens is 1. The van der Waals surface area contributed by atoms with Crippen LogP contribution >= 0.6 is 33.3 Å². The van der Waals surface area contributed by atoms with Crippen molar-refractivity contribution in [1.29, 1.82) is 0 Å². The van der Waals surface area contributed by atoms with Crippen LogP contribution in [0.1, 0.15) is 0 Å². The van der Waals surface area contributed by atoms with Crippen LogP contribution in [-0.2, 0) is 9.05 Å². The highest BCUT2D eigenvalue weighted by atomic mass is 127. The summed E-state index contributed by atoms with van der Waals surface area (Å²) in [4.78, 5) is 3.68. The third-order valence-electron chi connectivity index (χ3n) is 1.28. The molecule has 0 N–H and O–H groups in total. The molecule has 0 fully saturated rings. The quantitative estimate of drug-likeness (QED) is 0.469. The van der Waals surface area contributed by atoms with Gasteiger partial charge >= 0.3 is 0 Å². The minimum Gasteiger partial charge on any atom is -0.495 e. The Labute approximate surface area is 93.8 Å². The van der Waals surface area contributed by atoms with Crippen molar-refractivity contribution in [1.82, 2.24) is 4.98 Å². The van der Waals surface area contributed by atoms with Crippen molar-refractivity contribution in [2.75, 3.05) is 7.11 Å². The summed E-state index contributed by atoms with van der Waals surface area (Å²) >= 11 is 1.94. The number of hydrogen-bond acceptors (Lipinski definition) is 4. The van der Waals surface area contributed by atoms with Gasteiger partial charge in [-0.2, -0.15) is 0 Å². The van der Waals surface area contributed by atoms with Crippen LogP contribution in [0.25, 0.3) is 0 Å². The molecule has 1 aromatic heterocycles. The standard InChI is InChI=1S/C6H5ClINO3S/c1-12-4-2-6(8)9-3-5(4)13(7,10)11/h2-3H,1H3. The van der Waals surface area contributed by atoms with Gasteiger partial charge in [0.05, 0.1) is 13.3 Å². The zero-order valence-corrected chi connectivity index (χ0v) is 10.2. The molecule has 0 spiro atoms. The molecule has 0 saturated carbocycles. The molecule has 4 nitrogen and oxygen atoms in total. The Bertz CT molecular complexity index is 420. The van der Waals surface area contributed by atoms with Crippen LogP contribution in [0.2, 0.25) is 0 Å². The minimum atomic E-state index is -3.78. The molecule has 0 bridgehead atoms. The second-order valence-electron chi connectivity index (χ2n) is 2.10. The lowest BCUT2D eigenvalue weighted by atomic mass is 10.4. The summed E-state index contributed by atoms with van der Waals surface area (Å²) in [6, 6.07) is 1.50. The van der Waals surface area contributed by atoms with E-state index in [4.69, 9.17) is 15.4 Å². The molecule has 72 valence electrons. The number of halogens is 2. The molecule has 0 aliphatic rings. The lowest BCUT2D eigenvalue weighted by molar-refractivity contribution is 0.402. The van der Waals surface area contributed by atoms with Gasteiger partial charge in [-0.05, 0) is 22.6 Å². The smallest absolute Gasteiger partial charge is 0.266 e. The normalized spacial score (nSPS) is 11.3. The third-order valence-corrected chi connectivity index (χ3v) is 3.20. The lowest BCUT2D eigenvalue weighted by Gasteiger charge is -2.04. The number of methoxy groups -OCH3 is 1. The van der Waals surface area contributed by atoms with Crippen molar-refractivity contribution in [3.63, 3.8) is 0 Å². The first-order valence-electron chi connectivity index (χ1n) is 3.09. The highest BCUT2D eigenvalue weighted by Crippen LogP contribution is 2.26. The van der Waals surface area contributed by atoms with Gasteiger partial charge in [0.1, 0.15) is 14.3 Å². The van der Waals surface area contributed by atoms with E-state index in [1.807, 2.05) is 22.6 Å². The molecule has 0 amide bonds. The van der Waals surface area contributed by atoms with Gasteiger partial charge < -0.3 is 4.74 Å². The van der Waals surface area contributed by atoms with Crippen LogP contribution in [0.3, 0.4) is 0 Å². The molecule has 0 unspecified atom stereocenters. The van der Waals surface area contributed by atoms with Crippen molar-refractivity contribution in [3.05, 3.63) is 16.0 Å². The van der Waals surface area contributed by atoms with Crippen molar-refractivity contribution in [3.8, 4) is 5.75 Å². The van der Waals surface area contributed by atoms with Gasteiger partial charge in [0.2, 0.25) is 0 Å². The molecule has 0 radical (unpaired) electrons. The van der Waals surface area contributed by atoms with Gasteiger partial charge in [0, 0.05) is 16.7 Å². The van der Waals surface area contributed by atoms with Gasteiger partial charge in [-0.1, -0.05) is 0 Å². The maximum Gasteiger partial charge on any atom is 0.266 e. The zero-order chi connectivity index (χ0) is 10.1. The molecule has 0 atom stereocenters. The summed E-state index contributed by atoms with van der Waals surface area (Å²) in [6.45, 7) is 0. The van der Waals surface area contributed by atoms with E-state index in [2.05, 4.69) is 4.98 Å². The highest BCUT2D eigenvalue weighted by molar-refractivity contribution is 14.1. The van der Waals surface area contributed by atoms with E-state index in [0.717, 1.165) is 0 Å². The van der Waals surface area contributed by atoms with Crippen molar-refractivity contribution in [2.24, 2.45) is 0 Å². The Kier molecular flexibility index (Phi) is 3.36. The van der Waals surface area contributed by atoms with Gasteiger partial charge in [0.25, 0.3) is 9.05 Å². The molecule has 7 heteroatoms. The van der Waals surface area contributed by atoms with E-state index in [9.17, 15) is 8.42 Å². The summed E-state index contributed by atoms with van der Waals surface area (Å²) in [5.41, 5.74) is 0. The summed E-state index contributed by atoms with van der Waals surface area (Å²) in [6.07, 6.45) is 1.17. The van der Waals surface area contributed by atoms with E-state index in [-0.39, 0.29) is 10.6 Å². The molecular weight excluding hydrogens is 328 g/mol. The van der Waals surface area contributed by atoms with E-state index < -0.39 is 9.05 Å². The van der Waals surface area contributed by atoms with Crippen LogP contribution in [0.15, 0.2) is 17.2 Å². The van der Waals surface area contributed by atoms with Crippen LogP contribution in [0, 0.1) is 3.70 Å². The summed E-state index contributed by atoms with van der Waals surface area (Å²) in [5, 5.41) is 0. The summed E-state index contributed by atoms with van der Waals surface area (Å²) in [7, 11) is 2.74. The first-order valence-corrected chi connectivity index (χ1v) is 6.48. The fourth-order valence-electron chi connectivity index (χ4n) is 0.743.